The first-order valence-corrected chi connectivity index (χ1v) is 6.34. The lowest BCUT2D eigenvalue weighted by atomic mass is 10.3. The van der Waals surface area contributed by atoms with Crippen molar-refractivity contribution in [3.8, 4) is 0 Å². The first kappa shape index (κ1) is 9.67. The van der Waals surface area contributed by atoms with Gasteiger partial charge in [-0.3, -0.25) is 5.10 Å². The highest BCUT2D eigenvalue weighted by Crippen LogP contribution is 2.23. The first-order valence-electron chi connectivity index (χ1n) is 4.66. The summed E-state index contributed by atoms with van der Waals surface area (Å²) < 4.78 is 21.4. The summed E-state index contributed by atoms with van der Waals surface area (Å²) in [5, 5.41) is 6.76. The van der Waals surface area contributed by atoms with E-state index >= 15 is 0 Å². The number of nitrogens with one attached hydrogen (secondary N) is 2. The Labute approximate surface area is 83.6 Å². The van der Waals surface area contributed by atoms with Crippen LogP contribution in [0, 0.1) is 4.78 Å². The van der Waals surface area contributed by atoms with E-state index in [0.29, 0.717) is 18.8 Å². The minimum Gasteiger partial charge on any atom is -0.281 e. The largest absolute Gasteiger partial charge is 0.281 e. The molecule has 1 aromatic heterocycles. The molecule has 0 spiro atoms. The highest BCUT2D eigenvalue weighted by Gasteiger charge is 2.27. The van der Waals surface area contributed by atoms with Gasteiger partial charge in [0.15, 0.2) is 0 Å². The molecule has 0 bridgehead atoms. The molecule has 0 amide bonds. The summed E-state index contributed by atoms with van der Waals surface area (Å²) in [7, 11) is -2.56. The lowest BCUT2D eigenvalue weighted by molar-refractivity contribution is 0.458. The molecule has 2 rings (SSSR count). The molecule has 0 aromatic carbocycles. The summed E-state index contributed by atoms with van der Waals surface area (Å²) in [5.74, 6) is 0.449. The molecule has 78 valence electrons. The lowest BCUT2D eigenvalue weighted by Gasteiger charge is -2.17. The average Bonchev–Trinajstić information content (AvgIpc) is 2.60. The van der Waals surface area contributed by atoms with Gasteiger partial charge in [-0.1, -0.05) is 6.92 Å². The molecule has 1 unspecified atom stereocenters. The molecule has 0 saturated carbocycles. The van der Waals surface area contributed by atoms with Crippen molar-refractivity contribution in [2.24, 2.45) is 0 Å². The summed E-state index contributed by atoms with van der Waals surface area (Å²) in [6.07, 6.45) is 2.53. The molecule has 1 aliphatic heterocycles. The maximum Gasteiger partial charge on any atom is 0.108 e. The van der Waals surface area contributed by atoms with E-state index in [1.54, 1.807) is 10.5 Å². The zero-order valence-electron chi connectivity index (χ0n) is 8.12. The van der Waals surface area contributed by atoms with E-state index in [0.717, 1.165) is 17.7 Å². The SMILES string of the molecule is CCCS(=N)(=O)N1Cc2cn[nH]c2C1. The number of rotatable bonds is 3. The van der Waals surface area contributed by atoms with Crippen molar-refractivity contribution >= 4 is 9.92 Å². The number of H-pyrrole nitrogens is 1. The Balaban J connectivity index is 2.15. The van der Waals surface area contributed by atoms with E-state index in [9.17, 15) is 4.21 Å². The molecule has 14 heavy (non-hydrogen) atoms. The Morgan fingerprint density at radius 1 is 1.71 bits per heavy atom. The fourth-order valence-electron chi connectivity index (χ4n) is 1.65. The van der Waals surface area contributed by atoms with Crippen LogP contribution in [-0.2, 0) is 23.0 Å². The fraction of sp³-hybridized carbons (Fsp3) is 0.625. The van der Waals surface area contributed by atoms with E-state index in [1.807, 2.05) is 6.92 Å². The molecular formula is C8H14N4OS. The third-order valence-corrected chi connectivity index (χ3v) is 4.44. The topological polar surface area (TPSA) is 72.8 Å². The number of aromatic nitrogens is 2. The van der Waals surface area contributed by atoms with Crippen molar-refractivity contribution in [2.75, 3.05) is 5.75 Å². The van der Waals surface area contributed by atoms with Gasteiger partial charge in [-0.05, 0) is 6.42 Å². The predicted octanol–water partition coefficient (Wildman–Crippen LogP) is 1.10. The van der Waals surface area contributed by atoms with Gasteiger partial charge in [-0.25, -0.2) is 13.3 Å². The van der Waals surface area contributed by atoms with Crippen LogP contribution in [0.1, 0.15) is 24.6 Å². The lowest BCUT2D eigenvalue weighted by Crippen LogP contribution is -2.27. The highest BCUT2D eigenvalue weighted by molar-refractivity contribution is 7.90. The number of nitrogens with zero attached hydrogens (tertiary/aromatic N) is 2. The fourth-order valence-corrected chi connectivity index (χ4v) is 3.14. The minimum absolute atomic E-state index is 0.449. The van der Waals surface area contributed by atoms with E-state index in [4.69, 9.17) is 4.78 Å². The van der Waals surface area contributed by atoms with Gasteiger partial charge in [0.25, 0.3) is 0 Å². The van der Waals surface area contributed by atoms with E-state index in [2.05, 4.69) is 10.2 Å². The zero-order valence-corrected chi connectivity index (χ0v) is 8.93. The van der Waals surface area contributed by atoms with Crippen molar-refractivity contribution in [2.45, 2.75) is 26.4 Å². The number of hydrogen-bond donors (Lipinski definition) is 2. The number of aromatic amines is 1. The van der Waals surface area contributed by atoms with Gasteiger partial charge in [0.1, 0.15) is 9.92 Å². The molecule has 0 saturated heterocycles. The summed E-state index contributed by atoms with van der Waals surface area (Å²) in [5.41, 5.74) is 2.07. The van der Waals surface area contributed by atoms with E-state index < -0.39 is 9.92 Å². The normalized spacial score (nSPS) is 20.6. The molecule has 1 aromatic rings. The Morgan fingerprint density at radius 2 is 2.50 bits per heavy atom. The van der Waals surface area contributed by atoms with Crippen LogP contribution in [0.3, 0.4) is 0 Å². The van der Waals surface area contributed by atoms with Gasteiger partial charge in [0, 0.05) is 17.9 Å². The Kier molecular flexibility index (Phi) is 2.32. The third-order valence-electron chi connectivity index (χ3n) is 2.39. The van der Waals surface area contributed by atoms with Crippen LogP contribution in [0.15, 0.2) is 6.20 Å². The van der Waals surface area contributed by atoms with Gasteiger partial charge in [-0.2, -0.15) is 5.10 Å². The minimum atomic E-state index is -2.56. The van der Waals surface area contributed by atoms with Crippen molar-refractivity contribution in [1.29, 1.82) is 4.78 Å². The molecule has 6 heteroatoms. The average molecular weight is 214 g/mol. The number of fused-ring (bicyclic) bond motifs is 1. The first-order chi connectivity index (χ1) is 6.63. The van der Waals surface area contributed by atoms with Crippen LogP contribution in [0.5, 0.6) is 0 Å². The van der Waals surface area contributed by atoms with Crippen molar-refractivity contribution in [1.82, 2.24) is 14.5 Å². The molecule has 1 aliphatic rings. The van der Waals surface area contributed by atoms with Crippen molar-refractivity contribution in [3.63, 3.8) is 0 Å². The Bertz CT molecular complexity index is 402. The number of hydrogen-bond acceptors (Lipinski definition) is 3. The third kappa shape index (κ3) is 1.55. The summed E-state index contributed by atoms with van der Waals surface area (Å²) >= 11 is 0. The monoisotopic (exact) mass is 214 g/mol. The Morgan fingerprint density at radius 3 is 3.14 bits per heavy atom. The van der Waals surface area contributed by atoms with Gasteiger partial charge in [0.2, 0.25) is 0 Å². The molecule has 0 radical (unpaired) electrons. The standard InChI is InChI=1S/C8H14N4OS/c1-2-3-14(9,13)12-5-7-4-10-11-8(7)6-12/h4,9H,2-3,5-6H2,1H3,(H,10,11). The summed E-state index contributed by atoms with van der Waals surface area (Å²) in [4.78, 5) is 0. The molecule has 1 atom stereocenters. The second-order valence-electron chi connectivity index (χ2n) is 3.52. The maximum atomic E-state index is 11.9. The van der Waals surface area contributed by atoms with E-state index in [-0.39, 0.29) is 0 Å². The van der Waals surface area contributed by atoms with Gasteiger partial charge in [-0.15, -0.1) is 0 Å². The zero-order chi connectivity index (χ0) is 10.2. The molecule has 5 nitrogen and oxygen atoms in total. The molecule has 2 heterocycles. The van der Waals surface area contributed by atoms with Crippen LogP contribution in [0.25, 0.3) is 0 Å². The van der Waals surface area contributed by atoms with Crippen LogP contribution in [0.4, 0.5) is 0 Å². The van der Waals surface area contributed by atoms with Gasteiger partial charge < -0.3 is 0 Å². The van der Waals surface area contributed by atoms with Crippen LogP contribution in [0.2, 0.25) is 0 Å². The molecule has 0 fully saturated rings. The van der Waals surface area contributed by atoms with Crippen molar-refractivity contribution in [3.05, 3.63) is 17.5 Å². The summed E-state index contributed by atoms with van der Waals surface area (Å²) in [6, 6.07) is 0. The second-order valence-corrected chi connectivity index (χ2v) is 5.72. The predicted molar refractivity (Wildman–Crippen MR) is 53.9 cm³/mol. The van der Waals surface area contributed by atoms with Crippen LogP contribution >= 0.6 is 0 Å². The van der Waals surface area contributed by atoms with E-state index in [1.165, 1.54) is 0 Å². The van der Waals surface area contributed by atoms with Crippen LogP contribution < -0.4 is 0 Å². The quantitative estimate of drug-likeness (QED) is 0.790. The van der Waals surface area contributed by atoms with Gasteiger partial charge in [0.05, 0.1) is 18.4 Å². The van der Waals surface area contributed by atoms with Crippen molar-refractivity contribution < 1.29 is 4.21 Å². The molecular weight excluding hydrogens is 200 g/mol. The highest BCUT2D eigenvalue weighted by atomic mass is 32.2. The van der Waals surface area contributed by atoms with Gasteiger partial charge >= 0.3 is 0 Å². The second kappa shape index (κ2) is 3.36. The molecule has 2 N–H and O–H groups in total. The Hall–Kier alpha value is -0.880. The summed E-state index contributed by atoms with van der Waals surface area (Å²) in [6.45, 7) is 3.11. The van der Waals surface area contributed by atoms with Crippen LogP contribution in [-0.4, -0.2) is 24.5 Å². The molecule has 0 aliphatic carbocycles. The smallest absolute Gasteiger partial charge is 0.108 e. The maximum absolute atomic E-state index is 11.9.